The summed E-state index contributed by atoms with van der Waals surface area (Å²) in [6.07, 6.45) is 0. The molecule has 0 radical (unpaired) electrons. The molecule has 1 heterocycles. The minimum Gasteiger partial charge on any atom is -0.325 e. The molecule has 2 aromatic rings. The lowest BCUT2D eigenvalue weighted by Gasteiger charge is -2.15. The van der Waals surface area contributed by atoms with Gasteiger partial charge in [-0.1, -0.05) is 6.07 Å². The van der Waals surface area contributed by atoms with E-state index in [4.69, 9.17) is 0 Å². The van der Waals surface area contributed by atoms with Crippen molar-refractivity contribution in [3.8, 4) is 0 Å². The first-order valence-electron chi connectivity index (χ1n) is 5.90. The molecule has 0 fully saturated rings. The van der Waals surface area contributed by atoms with Crippen molar-refractivity contribution >= 4 is 45.5 Å². The normalized spacial score (nSPS) is 10.7. The van der Waals surface area contributed by atoms with Crippen molar-refractivity contribution in [3.63, 3.8) is 0 Å². The van der Waals surface area contributed by atoms with E-state index >= 15 is 0 Å². The number of thiophene rings is 1. The second kappa shape index (κ2) is 7.02. The number of carbonyl (C=O) groups excluding carboxylic acids is 1. The number of nitrogens with zero attached hydrogens (tertiary/aromatic N) is 1. The molecule has 0 saturated heterocycles. The van der Waals surface area contributed by atoms with E-state index in [1.165, 1.54) is 4.88 Å². The van der Waals surface area contributed by atoms with Crippen molar-refractivity contribution in [3.05, 3.63) is 50.2 Å². The lowest BCUT2D eigenvalue weighted by Crippen LogP contribution is -2.29. The van der Waals surface area contributed by atoms with Crippen LogP contribution in [0, 0.1) is 3.57 Å². The van der Waals surface area contributed by atoms with Crippen LogP contribution in [0.4, 0.5) is 5.69 Å². The Morgan fingerprint density at radius 2 is 2.05 bits per heavy atom. The molecule has 0 bridgehead atoms. The largest absolute Gasteiger partial charge is 0.325 e. The Morgan fingerprint density at radius 3 is 2.68 bits per heavy atom. The Kier molecular flexibility index (Phi) is 5.35. The Hall–Kier alpha value is -0.920. The summed E-state index contributed by atoms with van der Waals surface area (Å²) in [6, 6.07) is 11.9. The number of rotatable bonds is 5. The Morgan fingerprint density at radius 1 is 1.32 bits per heavy atom. The highest BCUT2D eigenvalue weighted by Crippen LogP contribution is 2.12. The third-order valence-corrected chi connectivity index (χ3v) is 4.13. The summed E-state index contributed by atoms with van der Waals surface area (Å²) >= 11 is 3.95. The first-order valence-corrected chi connectivity index (χ1v) is 7.85. The first-order chi connectivity index (χ1) is 9.13. The van der Waals surface area contributed by atoms with Crippen molar-refractivity contribution in [2.24, 2.45) is 0 Å². The number of hydrogen-bond donors (Lipinski definition) is 1. The predicted octanol–water partition coefficient (Wildman–Crippen LogP) is 3.42. The van der Waals surface area contributed by atoms with E-state index in [0.29, 0.717) is 6.54 Å². The van der Waals surface area contributed by atoms with Crippen molar-refractivity contribution in [2.45, 2.75) is 6.54 Å². The highest BCUT2D eigenvalue weighted by atomic mass is 127. The SMILES string of the molecule is CN(CC(=O)Nc1ccc(I)cc1)Cc1cccs1. The third-order valence-electron chi connectivity index (χ3n) is 2.55. The van der Waals surface area contributed by atoms with E-state index in [1.54, 1.807) is 11.3 Å². The zero-order valence-corrected chi connectivity index (χ0v) is 13.6. The van der Waals surface area contributed by atoms with Crippen LogP contribution in [0.25, 0.3) is 0 Å². The number of carbonyl (C=O) groups is 1. The van der Waals surface area contributed by atoms with E-state index in [2.05, 4.69) is 39.4 Å². The van der Waals surface area contributed by atoms with E-state index in [-0.39, 0.29) is 5.91 Å². The van der Waals surface area contributed by atoms with Gasteiger partial charge >= 0.3 is 0 Å². The number of benzene rings is 1. The third kappa shape index (κ3) is 4.93. The summed E-state index contributed by atoms with van der Waals surface area (Å²) in [7, 11) is 1.95. The molecular formula is C14H15IN2OS. The van der Waals surface area contributed by atoms with Crippen molar-refractivity contribution in [2.75, 3.05) is 18.9 Å². The van der Waals surface area contributed by atoms with Gasteiger partial charge in [0.2, 0.25) is 5.91 Å². The van der Waals surface area contributed by atoms with E-state index in [1.807, 2.05) is 42.3 Å². The number of anilines is 1. The molecule has 0 saturated carbocycles. The maximum atomic E-state index is 11.9. The molecule has 2 rings (SSSR count). The van der Waals surface area contributed by atoms with Gasteiger partial charge in [0.15, 0.2) is 0 Å². The van der Waals surface area contributed by atoms with Crippen LogP contribution in [-0.4, -0.2) is 24.4 Å². The van der Waals surface area contributed by atoms with Crippen molar-refractivity contribution in [1.29, 1.82) is 0 Å². The van der Waals surface area contributed by atoms with Crippen LogP contribution in [0.15, 0.2) is 41.8 Å². The molecule has 1 aromatic heterocycles. The molecule has 0 aliphatic heterocycles. The summed E-state index contributed by atoms with van der Waals surface area (Å²) in [6.45, 7) is 1.20. The molecular weight excluding hydrogens is 371 g/mol. The maximum absolute atomic E-state index is 11.9. The van der Waals surface area contributed by atoms with Gasteiger partial charge in [0.1, 0.15) is 0 Å². The second-order valence-electron chi connectivity index (χ2n) is 4.31. The molecule has 5 heteroatoms. The van der Waals surface area contributed by atoms with Gasteiger partial charge in [-0.2, -0.15) is 0 Å². The van der Waals surface area contributed by atoms with E-state index < -0.39 is 0 Å². The van der Waals surface area contributed by atoms with Crippen LogP contribution in [0.1, 0.15) is 4.88 Å². The number of amides is 1. The molecule has 0 atom stereocenters. The fraction of sp³-hybridized carbons (Fsp3) is 0.214. The minimum absolute atomic E-state index is 0.0141. The van der Waals surface area contributed by atoms with Gasteiger partial charge in [-0.05, 0) is 65.4 Å². The molecule has 0 spiro atoms. The van der Waals surface area contributed by atoms with Crippen LogP contribution >= 0.6 is 33.9 Å². The van der Waals surface area contributed by atoms with Gasteiger partial charge in [0.25, 0.3) is 0 Å². The molecule has 3 nitrogen and oxygen atoms in total. The molecule has 100 valence electrons. The topological polar surface area (TPSA) is 32.3 Å². The van der Waals surface area contributed by atoms with Crippen molar-refractivity contribution in [1.82, 2.24) is 4.90 Å². The summed E-state index contributed by atoms with van der Waals surface area (Å²) in [5.74, 6) is 0.0141. The van der Waals surface area contributed by atoms with E-state index in [0.717, 1.165) is 15.8 Å². The van der Waals surface area contributed by atoms with Crippen LogP contribution in [-0.2, 0) is 11.3 Å². The number of nitrogens with one attached hydrogen (secondary N) is 1. The number of halogens is 1. The highest BCUT2D eigenvalue weighted by Gasteiger charge is 2.07. The lowest BCUT2D eigenvalue weighted by molar-refractivity contribution is -0.117. The maximum Gasteiger partial charge on any atom is 0.238 e. The molecule has 0 aliphatic carbocycles. The molecule has 1 aromatic carbocycles. The van der Waals surface area contributed by atoms with Gasteiger partial charge in [-0.15, -0.1) is 11.3 Å². The van der Waals surface area contributed by atoms with Gasteiger partial charge in [-0.25, -0.2) is 0 Å². The number of likely N-dealkylation sites (N-methyl/N-ethyl adjacent to an activating group) is 1. The van der Waals surface area contributed by atoms with Gasteiger partial charge in [-0.3, -0.25) is 9.69 Å². The van der Waals surface area contributed by atoms with E-state index in [9.17, 15) is 4.79 Å². The van der Waals surface area contributed by atoms with Crippen LogP contribution < -0.4 is 5.32 Å². The molecule has 1 N–H and O–H groups in total. The van der Waals surface area contributed by atoms with Gasteiger partial charge in [0.05, 0.1) is 6.54 Å². The average molecular weight is 386 g/mol. The zero-order valence-electron chi connectivity index (χ0n) is 10.6. The van der Waals surface area contributed by atoms with Crippen molar-refractivity contribution < 1.29 is 4.79 Å². The minimum atomic E-state index is 0.0141. The quantitative estimate of drug-likeness (QED) is 0.799. The smallest absolute Gasteiger partial charge is 0.238 e. The second-order valence-corrected chi connectivity index (χ2v) is 6.58. The fourth-order valence-electron chi connectivity index (χ4n) is 1.70. The molecule has 19 heavy (non-hydrogen) atoms. The lowest BCUT2D eigenvalue weighted by atomic mass is 10.3. The Bertz CT molecular complexity index is 525. The van der Waals surface area contributed by atoms with Gasteiger partial charge in [0, 0.05) is 20.7 Å². The molecule has 0 unspecified atom stereocenters. The summed E-state index contributed by atoms with van der Waals surface area (Å²) in [4.78, 5) is 15.2. The Balaban J connectivity index is 1.82. The van der Waals surface area contributed by atoms with Crippen LogP contribution in [0.2, 0.25) is 0 Å². The monoisotopic (exact) mass is 386 g/mol. The standard InChI is InChI=1S/C14H15IN2OS/c1-17(9-13-3-2-8-19-13)10-14(18)16-12-6-4-11(15)5-7-12/h2-8H,9-10H2,1H3,(H,16,18). The number of hydrogen-bond acceptors (Lipinski definition) is 3. The zero-order chi connectivity index (χ0) is 13.7. The highest BCUT2D eigenvalue weighted by molar-refractivity contribution is 14.1. The Labute approximate surface area is 130 Å². The molecule has 0 aliphatic rings. The first kappa shape index (κ1) is 14.5. The predicted molar refractivity (Wildman–Crippen MR) is 88.4 cm³/mol. The summed E-state index contributed by atoms with van der Waals surface area (Å²) in [5.41, 5.74) is 0.843. The fourth-order valence-corrected chi connectivity index (χ4v) is 2.85. The summed E-state index contributed by atoms with van der Waals surface area (Å²) in [5, 5.41) is 4.95. The van der Waals surface area contributed by atoms with Crippen LogP contribution in [0.3, 0.4) is 0 Å². The molecule has 1 amide bonds. The van der Waals surface area contributed by atoms with Gasteiger partial charge < -0.3 is 5.32 Å². The van der Waals surface area contributed by atoms with Crippen LogP contribution in [0.5, 0.6) is 0 Å². The average Bonchev–Trinajstić information content (AvgIpc) is 2.84. The summed E-state index contributed by atoms with van der Waals surface area (Å²) < 4.78 is 1.16.